The van der Waals surface area contributed by atoms with Crippen molar-refractivity contribution in [1.29, 1.82) is 0 Å². The third-order valence-electron chi connectivity index (χ3n) is 3.52. The summed E-state index contributed by atoms with van der Waals surface area (Å²) in [6.07, 6.45) is 0. The van der Waals surface area contributed by atoms with Crippen molar-refractivity contribution in [2.24, 2.45) is 0 Å². The Labute approximate surface area is 160 Å². The molecule has 0 aliphatic carbocycles. The molecule has 0 fully saturated rings. The first kappa shape index (κ1) is 21.9. The maximum Gasteiger partial charge on any atom is 0.243 e. The Hall–Kier alpha value is -1.16. The minimum absolute atomic E-state index is 0.170. The monoisotopic (exact) mass is 403 g/mol. The molecule has 6 nitrogen and oxygen atoms in total. The molecule has 0 spiro atoms. The van der Waals surface area contributed by atoms with Crippen molar-refractivity contribution in [2.45, 2.75) is 25.7 Å². The molecule has 0 saturated heterocycles. The van der Waals surface area contributed by atoms with E-state index in [1.165, 1.54) is 22.1 Å². The summed E-state index contributed by atoms with van der Waals surface area (Å²) in [6, 6.07) is 4.77. The molecule has 1 amide bonds. The number of nitrogens with zero attached hydrogens (tertiary/aromatic N) is 2. The molecule has 0 aromatic heterocycles. The first-order valence-corrected chi connectivity index (χ1v) is 10.7. The number of sulfonamides is 1. The Balaban J connectivity index is 2.95. The van der Waals surface area contributed by atoms with Crippen LogP contribution in [-0.2, 0) is 14.8 Å². The van der Waals surface area contributed by atoms with Gasteiger partial charge in [0, 0.05) is 32.9 Å². The molecule has 0 atom stereocenters. The predicted molar refractivity (Wildman–Crippen MR) is 109 cm³/mol. The van der Waals surface area contributed by atoms with Crippen LogP contribution in [0.25, 0.3) is 0 Å². The van der Waals surface area contributed by atoms with E-state index < -0.39 is 10.0 Å². The summed E-state index contributed by atoms with van der Waals surface area (Å²) in [4.78, 5) is 14.1. The summed E-state index contributed by atoms with van der Waals surface area (Å²) in [7, 11) is 0.0729. The molecule has 0 bridgehead atoms. The zero-order valence-electron chi connectivity index (χ0n) is 15.2. The highest BCUT2D eigenvalue weighted by molar-refractivity contribution is 8.23. The highest BCUT2D eigenvalue weighted by atomic mass is 32.2. The number of anilines is 1. The molecule has 1 aromatic carbocycles. The summed E-state index contributed by atoms with van der Waals surface area (Å²) >= 11 is 6.39. The van der Waals surface area contributed by atoms with E-state index in [-0.39, 0.29) is 16.6 Å². The summed E-state index contributed by atoms with van der Waals surface area (Å²) < 4.78 is 27.2. The summed E-state index contributed by atoms with van der Waals surface area (Å²) in [5.74, 6) is -0.0570. The van der Waals surface area contributed by atoms with Crippen LogP contribution in [0.1, 0.15) is 19.4 Å². The van der Waals surface area contributed by atoms with Crippen LogP contribution in [0.4, 0.5) is 5.69 Å². The van der Waals surface area contributed by atoms with Gasteiger partial charge in [-0.1, -0.05) is 43.9 Å². The Bertz CT molecular complexity index is 729. The van der Waals surface area contributed by atoms with Gasteiger partial charge >= 0.3 is 0 Å². The molecule has 1 rings (SSSR count). The Kier molecular flexibility index (Phi) is 8.33. The standard InChI is InChI=1S/C16H25N3O3S3/c1-6-19(7-2)25(21,22)13-9-8-12(3)14(10-13)17-15(20)11-24-16(23)18(4)5/h8-10H,6-7,11H2,1-5H3,(H,17,20). The Morgan fingerprint density at radius 1 is 1.24 bits per heavy atom. The molecule has 0 radical (unpaired) electrons. The molecule has 0 aliphatic rings. The van der Waals surface area contributed by atoms with Gasteiger partial charge < -0.3 is 10.2 Å². The molecular formula is C16H25N3O3S3. The van der Waals surface area contributed by atoms with E-state index in [0.29, 0.717) is 23.1 Å². The first-order chi connectivity index (χ1) is 11.6. The summed E-state index contributed by atoms with van der Waals surface area (Å²) in [5.41, 5.74) is 1.29. The molecule has 25 heavy (non-hydrogen) atoms. The van der Waals surface area contributed by atoms with Crippen molar-refractivity contribution in [3.8, 4) is 0 Å². The molecular weight excluding hydrogens is 378 g/mol. The Morgan fingerprint density at radius 2 is 1.84 bits per heavy atom. The van der Waals surface area contributed by atoms with Crippen LogP contribution in [0.15, 0.2) is 23.1 Å². The number of hydrogen-bond acceptors (Lipinski definition) is 5. The second-order valence-corrected chi connectivity index (χ2v) is 9.11. The first-order valence-electron chi connectivity index (χ1n) is 7.88. The summed E-state index contributed by atoms with van der Waals surface area (Å²) in [5, 5.41) is 2.77. The van der Waals surface area contributed by atoms with Crippen molar-refractivity contribution < 1.29 is 13.2 Å². The molecule has 1 N–H and O–H groups in total. The van der Waals surface area contributed by atoms with Gasteiger partial charge in [0.2, 0.25) is 15.9 Å². The van der Waals surface area contributed by atoms with Crippen LogP contribution in [0.5, 0.6) is 0 Å². The second kappa shape index (κ2) is 9.51. The normalized spacial score (nSPS) is 11.4. The van der Waals surface area contributed by atoms with Crippen LogP contribution >= 0.6 is 24.0 Å². The predicted octanol–water partition coefficient (Wildman–Crippen LogP) is 2.54. The maximum atomic E-state index is 12.6. The molecule has 0 saturated carbocycles. The van der Waals surface area contributed by atoms with Gasteiger partial charge in [-0.25, -0.2) is 8.42 Å². The van der Waals surface area contributed by atoms with Gasteiger partial charge in [-0.05, 0) is 24.6 Å². The summed E-state index contributed by atoms with van der Waals surface area (Å²) in [6.45, 7) is 6.20. The van der Waals surface area contributed by atoms with Gasteiger partial charge in [0.15, 0.2) is 0 Å². The van der Waals surface area contributed by atoms with Crippen LogP contribution < -0.4 is 5.32 Å². The molecule has 9 heteroatoms. The fraction of sp³-hybridized carbons (Fsp3) is 0.500. The van der Waals surface area contributed by atoms with Crippen LogP contribution in [0.3, 0.4) is 0 Å². The van der Waals surface area contributed by atoms with Crippen LogP contribution in [-0.4, -0.2) is 60.8 Å². The number of thioether (sulfide) groups is 1. The lowest BCUT2D eigenvalue weighted by Crippen LogP contribution is -2.30. The number of aryl methyl sites for hydroxylation is 1. The maximum absolute atomic E-state index is 12.6. The third-order valence-corrected chi connectivity index (χ3v) is 7.30. The molecule has 0 aliphatic heterocycles. The van der Waals surface area contributed by atoms with E-state index in [1.807, 2.05) is 21.0 Å². The number of carbonyl (C=O) groups is 1. The van der Waals surface area contributed by atoms with Gasteiger partial charge in [0.1, 0.15) is 4.32 Å². The number of benzene rings is 1. The number of hydrogen-bond donors (Lipinski definition) is 1. The van der Waals surface area contributed by atoms with Crippen molar-refractivity contribution in [1.82, 2.24) is 9.21 Å². The second-order valence-electron chi connectivity index (χ2n) is 5.56. The SMILES string of the molecule is CCN(CC)S(=O)(=O)c1ccc(C)c(NC(=O)CSC(=S)N(C)C)c1. The van der Waals surface area contributed by atoms with E-state index in [9.17, 15) is 13.2 Å². The molecule has 0 unspecified atom stereocenters. The lowest BCUT2D eigenvalue weighted by Gasteiger charge is -2.19. The van der Waals surface area contributed by atoms with Gasteiger partial charge in [-0.2, -0.15) is 4.31 Å². The van der Waals surface area contributed by atoms with E-state index in [2.05, 4.69) is 5.32 Å². The van der Waals surface area contributed by atoms with Crippen LogP contribution in [0, 0.1) is 6.92 Å². The zero-order chi connectivity index (χ0) is 19.2. The fourth-order valence-electron chi connectivity index (χ4n) is 2.05. The minimum Gasteiger partial charge on any atom is -0.364 e. The fourth-order valence-corrected chi connectivity index (χ4v) is 4.30. The van der Waals surface area contributed by atoms with Crippen LogP contribution in [0.2, 0.25) is 0 Å². The van der Waals surface area contributed by atoms with E-state index >= 15 is 0 Å². The van der Waals surface area contributed by atoms with Crippen molar-refractivity contribution >= 4 is 49.9 Å². The lowest BCUT2D eigenvalue weighted by atomic mass is 10.2. The molecule has 0 heterocycles. The van der Waals surface area contributed by atoms with Gasteiger partial charge in [-0.15, -0.1) is 0 Å². The average molecular weight is 404 g/mol. The van der Waals surface area contributed by atoms with E-state index in [4.69, 9.17) is 12.2 Å². The van der Waals surface area contributed by atoms with Gasteiger partial charge in [0.05, 0.1) is 10.6 Å². The topological polar surface area (TPSA) is 69.7 Å². The molecule has 140 valence electrons. The third kappa shape index (κ3) is 5.95. The van der Waals surface area contributed by atoms with Gasteiger partial charge in [-0.3, -0.25) is 4.79 Å². The number of carbonyl (C=O) groups excluding carboxylic acids is 1. The largest absolute Gasteiger partial charge is 0.364 e. The van der Waals surface area contributed by atoms with E-state index in [1.54, 1.807) is 30.9 Å². The van der Waals surface area contributed by atoms with Crippen molar-refractivity contribution in [3.05, 3.63) is 23.8 Å². The number of nitrogens with one attached hydrogen (secondary N) is 1. The smallest absolute Gasteiger partial charge is 0.243 e. The number of amides is 1. The number of rotatable bonds is 7. The highest BCUT2D eigenvalue weighted by Gasteiger charge is 2.22. The average Bonchev–Trinajstić information content (AvgIpc) is 2.55. The highest BCUT2D eigenvalue weighted by Crippen LogP contribution is 2.23. The zero-order valence-corrected chi connectivity index (χ0v) is 17.6. The number of thiocarbonyl (C=S) groups is 1. The van der Waals surface area contributed by atoms with Gasteiger partial charge in [0.25, 0.3) is 0 Å². The minimum atomic E-state index is -3.56. The Morgan fingerprint density at radius 3 is 2.36 bits per heavy atom. The quantitative estimate of drug-likeness (QED) is 0.706. The van der Waals surface area contributed by atoms with Crippen molar-refractivity contribution in [2.75, 3.05) is 38.3 Å². The van der Waals surface area contributed by atoms with Crippen molar-refractivity contribution in [3.63, 3.8) is 0 Å². The van der Waals surface area contributed by atoms with E-state index in [0.717, 1.165) is 5.56 Å². The lowest BCUT2D eigenvalue weighted by molar-refractivity contribution is -0.113. The molecule has 1 aromatic rings.